The van der Waals surface area contributed by atoms with E-state index in [-0.39, 0.29) is 16.4 Å². The van der Waals surface area contributed by atoms with Crippen molar-refractivity contribution in [3.05, 3.63) is 94.9 Å². The van der Waals surface area contributed by atoms with Crippen molar-refractivity contribution >= 4 is 11.0 Å². The number of benzene rings is 3. The molecule has 0 aliphatic rings. The van der Waals surface area contributed by atoms with E-state index in [2.05, 4.69) is 0 Å². The fourth-order valence-corrected chi connectivity index (χ4v) is 2.84. The van der Waals surface area contributed by atoms with Gasteiger partial charge in [0, 0.05) is 5.56 Å². The largest absolute Gasteiger partial charge is 0.452 e. The van der Waals surface area contributed by atoms with Gasteiger partial charge in [0.25, 0.3) is 0 Å². The van der Waals surface area contributed by atoms with Crippen LogP contribution in [0.3, 0.4) is 0 Å². The van der Waals surface area contributed by atoms with Crippen molar-refractivity contribution in [1.82, 2.24) is 0 Å². The van der Waals surface area contributed by atoms with Crippen LogP contribution in [-0.4, -0.2) is 0 Å². The van der Waals surface area contributed by atoms with Crippen LogP contribution in [0.5, 0.6) is 0 Å². The van der Waals surface area contributed by atoms with E-state index in [4.69, 9.17) is 4.42 Å². The first-order valence-corrected chi connectivity index (χ1v) is 7.62. The summed E-state index contributed by atoms with van der Waals surface area (Å²) in [7, 11) is 0. The average molecular weight is 316 g/mol. The highest BCUT2D eigenvalue weighted by Crippen LogP contribution is 2.32. The molecule has 4 aromatic rings. The SMILES string of the molecule is O=c1c(-c2ccccc2)c(-c2ccccc2)oc2c(F)cccc12. The van der Waals surface area contributed by atoms with Crippen LogP contribution in [0.25, 0.3) is 33.4 Å². The van der Waals surface area contributed by atoms with E-state index in [9.17, 15) is 9.18 Å². The predicted octanol–water partition coefficient (Wildman–Crippen LogP) is 5.27. The maximum Gasteiger partial charge on any atom is 0.201 e. The van der Waals surface area contributed by atoms with Gasteiger partial charge in [-0.25, -0.2) is 4.39 Å². The van der Waals surface area contributed by atoms with Gasteiger partial charge in [0.1, 0.15) is 5.76 Å². The van der Waals surface area contributed by atoms with Gasteiger partial charge in [0.15, 0.2) is 11.4 Å². The van der Waals surface area contributed by atoms with Crippen molar-refractivity contribution in [2.75, 3.05) is 0 Å². The van der Waals surface area contributed by atoms with E-state index in [1.54, 1.807) is 6.07 Å². The van der Waals surface area contributed by atoms with Gasteiger partial charge in [0.2, 0.25) is 5.43 Å². The van der Waals surface area contributed by atoms with Crippen molar-refractivity contribution in [1.29, 1.82) is 0 Å². The molecule has 0 spiro atoms. The molecular weight excluding hydrogens is 303 g/mol. The lowest BCUT2D eigenvalue weighted by atomic mass is 9.98. The van der Waals surface area contributed by atoms with Crippen molar-refractivity contribution in [2.24, 2.45) is 0 Å². The van der Waals surface area contributed by atoms with Crippen LogP contribution in [0.4, 0.5) is 4.39 Å². The molecule has 1 heterocycles. The summed E-state index contributed by atoms with van der Waals surface area (Å²) in [5, 5.41) is 0.244. The van der Waals surface area contributed by atoms with Crippen LogP contribution in [-0.2, 0) is 0 Å². The third-order valence-electron chi connectivity index (χ3n) is 3.97. The summed E-state index contributed by atoms with van der Waals surface area (Å²) in [6.07, 6.45) is 0. The molecular formula is C21H13FO2. The van der Waals surface area contributed by atoms with Crippen LogP contribution >= 0.6 is 0 Å². The van der Waals surface area contributed by atoms with Gasteiger partial charge in [-0.2, -0.15) is 0 Å². The number of rotatable bonds is 2. The van der Waals surface area contributed by atoms with Crippen LogP contribution in [0.15, 0.2) is 88.1 Å². The Hall–Kier alpha value is -3.20. The van der Waals surface area contributed by atoms with Gasteiger partial charge in [-0.15, -0.1) is 0 Å². The Morgan fingerprint density at radius 1 is 0.708 bits per heavy atom. The quantitative estimate of drug-likeness (QED) is 0.504. The summed E-state index contributed by atoms with van der Waals surface area (Å²) in [6.45, 7) is 0. The van der Waals surface area contributed by atoms with E-state index in [0.29, 0.717) is 11.3 Å². The van der Waals surface area contributed by atoms with E-state index in [1.165, 1.54) is 12.1 Å². The molecule has 0 N–H and O–H groups in total. The molecule has 0 bridgehead atoms. The highest BCUT2D eigenvalue weighted by molar-refractivity contribution is 5.89. The smallest absolute Gasteiger partial charge is 0.201 e. The second-order valence-electron chi connectivity index (χ2n) is 5.48. The molecule has 0 unspecified atom stereocenters. The molecule has 4 rings (SSSR count). The van der Waals surface area contributed by atoms with E-state index < -0.39 is 5.82 Å². The summed E-state index contributed by atoms with van der Waals surface area (Å²) in [4.78, 5) is 13.0. The Kier molecular flexibility index (Phi) is 3.47. The maximum atomic E-state index is 14.2. The second-order valence-corrected chi connectivity index (χ2v) is 5.48. The third kappa shape index (κ3) is 2.31. The number of hydrogen-bond donors (Lipinski definition) is 0. The summed E-state index contributed by atoms with van der Waals surface area (Å²) in [6, 6.07) is 23.0. The number of halogens is 1. The predicted molar refractivity (Wildman–Crippen MR) is 93.3 cm³/mol. The monoisotopic (exact) mass is 316 g/mol. The number of fused-ring (bicyclic) bond motifs is 1. The van der Waals surface area contributed by atoms with Crippen LogP contribution < -0.4 is 5.43 Å². The second kappa shape index (κ2) is 5.78. The Morgan fingerprint density at radius 3 is 2.00 bits per heavy atom. The maximum absolute atomic E-state index is 14.2. The fourth-order valence-electron chi connectivity index (χ4n) is 2.84. The molecule has 0 aliphatic heterocycles. The summed E-state index contributed by atoms with van der Waals surface area (Å²) in [5.41, 5.74) is 1.68. The molecule has 0 saturated heterocycles. The standard InChI is InChI=1S/C21H13FO2/c22-17-13-7-12-16-19(23)18(14-8-3-1-4-9-14)20(24-21(16)17)15-10-5-2-6-11-15/h1-13H. The lowest BCUT2D eigenvalue weighted by Crippen LogP contribution is -2.08. The van der Waals surface area contributed by atoms with Gasteiger partial charge in [0.05, 0.1) is 10.9 Å². The highest BCUT2D eigenvalue weighted by Gasteiger charge is 2.19. The van der Waals surface area contributed by atoms with Gasteiger partial charge < -0.3 is 4.42 Å². The van der Waals surface area contributed by atoms with Crippen LogP contribution in [0.2, 0.25) is 0 Å². The molecule has 0 atom stereocenters. The zero-order chi connectivity index (χ0) is 16.5. The third-order valence-corrected chi connectivity index (χ3v) is 3.97. The van der Waals surface area contributed by atoms with E-state index >= 15 is 0 Å². The first kappa shape index (κ1) is 14.4. The zero-order valence-electron chi connectivity index (χ0n) is 12.7. The molecule has 0 radical (unpaired) electrons. The van der Waals surface area contributed by atoms with E-state index in [1.807, 2.05) is 60.7 Å². The van der Waals surface area contributed by atoms with Crippen LogP contribution in [0.1, 0.15) is 0 Å². The average Bonchev–Trinajstić information content (AvgIpc) is 2.64. The molecule has 0 fully saturated rings. The van der Waals surface area contributed by atoms with Gasteiger partial charge in [-0.05, 0) is 17.7 Å². The molecule has 116 valence electrons. The lowest BCUT2D eigenvalue weighted by Gasteiger charge is -2.11. The van der Waals surface area contributed by atoms with Crippen molar-refractivity contribution in [3.63, 3.8) is 0 Å². The highest BCUT2D eigenvalue weighted by atomic mass is 19.1. The lowest BCUT2D eigenvalue weighted by molar-refractivity contribution is 0.561. The molecule has 2 nitrogen and oxygen atoms in total. The van der Waals surface area contributed by atoms with E-state index in [0.717, 1.165) is 11.1 Å². The van der Waals surface area contributed by atoms with Gasteiger partial charge in [-0.3, -0.25) is 4.79 Å². The minimum atomic E-state index is -0.540. The Bertz CT molecular complexity index is 1070. The van der Waals surface area contributed by atoms with Crippen molar-refractivity contribution in [2.45, 2.75) is 0 Å². The minimum Gasteiger partial charge on any atom is -0.452 e. The minimum absolute atomic E-state index is 0.0129. The topological polar surface area (TPSA) is 30.2 Å². The first-order chi connectivity index (χ1) is 11.8. The molecule has 0 amide bonds. The van der Waals surface area contributed by atoms with Crippen LogP contribution in [0, 0.1) is 5.82 Å². The summed E-state index contributed by atoms with van der Waals surface area (Å²) in [5.74, 6) is -0.161. The fraction of sp³-hybridized carbons (Fsp3) is 0. The summed E-state index contributed by atoms with van der Waals surface area (Å²) < 4.78 is 20.0. The van der Waals surface area contributed by atoms with Crippen molar-refractivity contribution < 1.29 is 8.81 Å². The molecule has 0 saturated carbocycles. The van der Waals surface area contributed by atoms with Gasteiger partial charge >= 0.3 is 0 Å². The number of hydrogen-bond acceptors (Lipinski definition) is 2. The molecule has 0 aliphatic carbocycles. The Balaban J connectivity index is 2.16. The number of para-hydroxylation sites is 1. The molecule has 3 heteroatoms. The molecule has 24 heavy (non-hydrogen) atoms. The molecule has 1 aromatic heterocycles. The first-order valence-electron chi connectivity index (χ1n) is 7.62. The summed E-state index contributed by atoms with van der Waals surface area (Å²) >= 11 is 0. The molecule has 3 aromatic carbocycles. The van der Waals surface area contributed by atoms with Gasteiger partial charge in [-0.1, -0.05) is 66.7 Å². The zero-order valence-corrected chi connectivity index (χ0v) is 12.7. The Labute approximate surface area is 137 Å². The Morgan fingerprint density at radius 2 is 1.33 bits per heavy atom. The van der Waals surface area contributed by atoms with Crippen molar-refractivity contribution in [3.8, 4) is 22.5 Å². The normalized spacial score (nSPS) is 10.9.